The van der Waals surface area contributed by atoms with Gasteiger partial charge in [-0.15, -0.1) is 0 Å². The number of carboxylic acid groups (broad SMARTS) is 1. The third-order valence-corrected chi connectivity index (χ3v) is 3.52. The van der Waals surface area contributed by atoms with Crippen molar-refractivity contribution >= 4 is 12.0 Å². The summed E-state index contributed by atoms with van der Waals surface area (Å²) < 4.78 is 5.42. The van der Waals surface area contributed by atoms with Crippen molar-refractivity contribution in [3.05, 3.63) is 0 Å². The zero-order valence-electron chi connectivity index (χ0n) is 11.9. The lowest BCUT2D eigenvalue weighted by molar-refractivity contribution is -0.141. The molecule has 1 aliphatic rings. The summed E-state index contributed by atoms with van der Waals surface area (Å²) in [5, 5.41) is 20.3. The van der Waals surface area contributed by atoms with E-state index >= 15 is 0 Å². The lowest BCUT2D eigenvalue weighted by Crippen LogP contribution is -2.47. The Labute approximate surface area is 118 Å². The molecule has 1 heterocycles. The van der Waals surface area contributed by atoms with Crippen LogP contribution in [0.1, 0.15) is 26.2 Å². The van der Waals surface area contributed by atoms with Crippen LogP contribution >= 0.6 is 0 Å². The van der Waals surface area contributed by atoms with E-state index in [1.807, 2.05) is 0 Å². The van der Waals surface area contributed by atoms with Crippen LogP contribution in [-0.4, -0.2) is 66.1 Å². The summed E-state index contributed by atoms with van der Waals surface area (Å²) in [6.45, 7) is 3.46. The first-order valence-corrected chi connectivity index (χ1v) is 7.06. The number of amides is 2. The normalized spacial score (nSPS) is 17.8. The Morgan fingerprint density at radius 1 is 1.40 bits per heavy atom. The largest absolute Gasteiger partial charge is 0.481 e. The van der Waals surface area contributed by atoms with Gasteiger partial charge in [-0.25, -0.2) is 4.79 Å². The van der Waals surface area contributed by atoms with E-state index in [-0.39, 0.29) is 25.3 Å². The summed E-state index contributed by atoms with van der Waals surface area (Å²) in [6.07, 6.45) is 2.06. The number of aliphatic carboxylic acids is 1. The number of carbonyl (C=O) groups is 2. The van der Waals surface area contributed by atoms with Crippen molar-refractivity contribution in [2.45, 2.75) is 32.3 Å². The second-order valence-electron chi connectivity index (χ2n) is 4.91. The molecule has 116 valence electrons. The summed E-state index contributed by atoms with van der Waals surface area (Å²) in [4.78, 5) is 24.4. The molecule has 7 heteroatoms. The van der Waals surface area contributed by atoms with Crippen LogP contribution in [0.4, 0.5) is 4.79 Å². The Hall–Kier alpha value is -1.34. The summed E-state index contributed by atoms with van der Waals surface area (Å²) in [5.74, 6) is -1.42. The molecule has 1 aliphatic heterocycles. The van der Waals surface area contributed by atoms with Crippen molar-refractivity contribution in [1.82, 2.24) is 10.2 Å². The van der Waals surface area contributed by atoms with Crippen molar-refractivity contribution in [1.29, 1.82) is 0 Å². The second-order valence-corrected chi connectivity index (χ2v) is 4.91. The van der Waals surface area contributed by atoms with Crippen LogP contribution in [0.3, 0.4) is 0 Å². The SMILES string of the molecule is CCC(CNC(=O)N1CCC(OCCO)CC1)C(=O)O. The molecule has 3 N–H and O–H groups in total. The molecule has 0 saturated carbocycles. The highest BCUT2D eigenvalue weighted by Gasteiger charge is 2.24. The molecular weight excluding hydrogens is 264 g/mol. The van der Waals surface area contributed by atoms with Gasteiger partial charge in [0.15, 0.2) is 0 Å². The van der Waals surface area contributed by atoms with Gasteiger partial charge in [-0.2, -0.15) is 0 Å². The van der Waals surface area contributed by atoms with Crippen molar-refractivity contribution < 1.29 is 24.5 Å². The van der Waals surface area contributed by atoms with Crippen LogP contribution in [-0.2, 0) is 9.53 Å². The third-order valence-electron chi connectivity index (χ3n) is 3.52. The maximum atomic E-state index is 11.9. The average molecular weight is 288 g/mol. The molecule has 0 spiro atoms. The molecule has 0 aromatic heterocycles. The van der Waals surface area contributed by atoms with Gasteiger partial charge in [0.25, 0.3) is 0 Å². The smallest absolute Gasteiger partial charge is 0.317 e. The number of nitrogens with zero attached hydrogens (tertiary/aromatic N) is 1. The fraction of sp³-hybridized carbons (Fsp3) is 0.846. The van der Waals surface area contributed by atoms with Crippen LogP contribution in [0, 0.1) is 5.92 Å². The van der Waals surface area contributed by atoms with Gasteiger partial charge in [0.05, 0.1) is 25.2 Å². The summed E-state index contributed by atoms with van der Waals surface area (Å²) in [5.41, 5.74) is 0. The van der Waals surface area contributed by atoms with Gasteiger partial charge in [0.2, 0.25) is 0 Å². The minimum Gasteiger partial charge on any atom is -0.481 e. The molecule has 2 amide bonds. The highest BCUT2D eigenvalue weighted by Crippen LogP contribution is 2.13. The first-order chi connectivity index (χ1) is 9.58. The molecule has 0 bridgehead atoms. The maximum Gasteiger partial charge on any atom is 0.317 e. The van der Waals surface area contributed by atoms with Crippen molar-refractivity contribution in [3.8, 4) is 0 Å². The van der Waals surface area contributed by atoms with Crippen LogP contribution in [0.5, 0.6) is 0 Å². The minimum absolute atomic E-state index is 0.00823. The molecule has 20 heavy (non-hydrogen) atoms. The van der Waals surface area contributed by atoms with Crippen molar-refractivity contribution in [2.75, 3.05) is 32.8 Å². The van der Waals surface area contributed by atoms with E-state index in [0.717, 1.165) is 12.8 Å². The number of aliphatic hydroxyl groups excluding tert-OH is 1. The first-order valence-electron chi connectivity index (χ1n) is 7.06. The minimum atomic E-state index is -0.885. The number of rotatable bonds is 7. The van der Waals surface area contributed by atoms with Gasteiger partial charge in [0, 0.05) is 19.6 Å². The molecule has 1 atom stereocenters. The topological polar surface area (TPSA) is 99.1 Å². The van der Waals surface area contributed by atoms with Crippen molar-refractivity contribution in [3.63, 3.8) is 0 Å². The number of hydrogen-bond donors (Lipinski definition) is 3. The number of urea groups is 1. The zero-order valence-corrected chi connectivity index (χ0v) is 11.9. The average Bonchev–Trinajstić information content (AvgIpc) is 2.45. The van der Waals surface area contributed by atoms with E-state index < -0.39 is 11.9 Å². The fourth-order valence-corrected chi connectivity index (χ4v) is 2.17. The predicted octanol–water partition coefficient (Wildman–Crippen LogP) is 0.280. The summed E-state index contributed by atoms with van der Waals surface area (Å²) in [6, 6.07) is -0.217. The number of piperidine rings is 1. The highest BCUT2D eigenvalue weighted by molar-refractivity contribution is 5.76. The Balaban J connectivity index is 2.27. The molecule has 0 aromatic carbocycles. The molecule has 0 aliphatic carbocycles. The van der Waals surface area contributed by atoms with Crippen LogP contribution < -0.4 is 5.32 Å². The number of likely N-dealkylation sites (tertiary alicyclic amines) is 1. The summed E-state index contributed by atoms with van der Waals surface area (Å²) in [7, 11) is 0. The van der Waals surface area contributed by atoms with E-state index in [9.17, 15) is 9.59 Å². The fourth-order valence-electron chi connectivity index (χ4n) is 2.17. The number of ether oxygens (including phenoxy) is 1. The van der Waals surface area contributed by atoms with Gasteiger partial charge < -0.3 is 25.2 Å². The maximum absolute atomic E-state index is 11.9. The molecule has 1 saturated heterocycles. The summed E-state index contributed by atoms with van der Waals surface area (Å²) >= 11 is 0. The monoisotopic (exact) mass is 288 g/mol. The Morgan fingerprint density at radius 2 is 2.05 bits per heavy atom. The standard InChI is InChI=1S/C13H24N2O5/c1-2-10(12(17)18)9-14-13(19)15-5-3-11(4-6-15)20-8-7-16/h10-11,16H,2-9H2,1H3,(H,14,19)(H,17,18). The van der Waals surface area contributed by atoms with Crippen LogP contribution in [0.15, 0.2) is 0 Å². The van der Waals surface area contributed by atoms with Gasteiger partial charge >= 0.3 is 12.0 Å². The lowest BCUT2D eigenvalue weighted by Gasteiger charge is -2.32. The first kappa shape index (κ1) is 16.7. The number of carbonyl (C=O) groups excluding carboxylic acids is 1. The zero-order chi connectivity index (χ0) is 15.0. The van der Waals surface area contributed by atoms with Crippen LogP contribution in [0.25, 0.3) is 0 Å². The third kappa shape index (κ3) is 5.34. The van der Waals surface area contributed by atoms with Crippen LogP contribution in [0.2, 0.25) is 0 Å². The Morgan fingerprint density at radius 3 is 2.55 bits per heavy atom. The van der Waals surface area contributed by atoms with E-state index in [4.69, 9.17) is 14.9 Å². The van der Waals surface area contributed by atoms with E-state index in [2.05, 4.69) is 5.32 Å². The number of carboxylic acids is 1. The van der Waals surface area contributed by atoms with Gasteiger partial charge in [0.1, 0.15) is 0 Å². The van der Waals surface area contributed by atoms with E-state index in [1.54, 1.807) is 11.8 Å². The highest BCUT2D eigenvalue weighted by atomic mass is 16.5. The molecule has 1 fully saturated rings. The van der Waals surface area contributed by atoms with Crippen molar-refractivity contribution in [2.24, 2.45) is 5.92 Å². The number of nitrogens with one attached hydrogen (secondary N) is 1. The van der Waals surface area contributed by atoms with Gasteiger partial charge in [-0.3, -0.25) is 4.79 Å². The van der Waals surface area contributed by atoms with E-state index in [0.29, 0.717) is 26.1 Å². The molecular formula is C13H24N2O5. The molecule has 0 radical (unpaired) electrons. The van der Waals surface area contributed by atoms with E-state index in [1.165, 1.54) is 0 Å². The van der Waals surface area contributed by atoms with Gasteiger partial charge in [-0.1, -0.05) is 6.92 Å². The Kier molecular flexibility index (Phi) is 7.32. The Bertz CT molecular complexity index is 316. The second kappa shape index (κ2) is 8.76. The predicted molar refractivity (Wildman–Crippen MR) is 72.4 cm³/mol. The number of hydrogen-bond acceptors (Lipinski definition) is 4. The quantitative estimate of drug-likeness (QED) is 0.625. The van der Waals surface area contributed by atoms with Gasteiger partial charge in [-0.05, 0) is 19.3 Å². The molecule has 7 nitrogen and oxygen atoms in total. The number of aliphatic hydroxyl groups is 1. The molecule has 1 unspecified atom stereocenters. The molecule has 0 aromatic rings. The molecule has 1 rings (SSSR count). The lowest BCUT2D eigenvalue weighted by atomic mass is 10.1.